The van der Waals surface area contributed by atoms with E-state index in [0.717, 1.165) is 18.6 Å². The average molecular weight is 497 g/mol. The molecule has 0 bridgehead atoms. The first-order chi connectivity index (χ1) is 16.9. The molecule has 6 heteroatoms. The van der Waals surface area contributed by atoms with Gasteiger partial charge in [0.05, 0.1) is 13.2 Å². The molecule has 0 aromatic heterocycles. The van der Waals surface area contributed by atoms with Crippen LogP contribution in [0.2, 0.25) is 0 Å². The lowest BCUT2D eigenvalue weighted by Crippen LogP contribution is -2.01. The van der Waals surface area contributed by atoms with Crippen LogP contribution in [0.25, 0.3) is 0 Å². The maximum absolute atomic E-state index is 10.8. The molecule has 0 unspecified atom stereocenters. The number of aliphatic carboxylic acids is 1. The summed E-state index contributed by atoms with van der Waals surface area (Å²) in [6, 6.07) is 0. The zero-order chi connectivity index (χ0) is 27.0. The number of esters is 2. The van der Waals surface area contributed by atoms with Gasteiger partial charge in [-0.05, 0) is 13.3 Å². The number of hydrogen-bond donors (Lipinski definition) is 1. The van der Waals surface area contributed by atoms with Gasteiger partial charge in [0.15, 0.2) is 0 Å². The highest BCUT2D eigenvalue weighted by Gasteiger charge is 1.96. The molecule has 0 heterocycles. The van der Waals surface area contributed by atoms with Crippen LogP contribution in [0.3, 0.4) is 0 Å². The van der Waals surface area contributed by atoms with E-state index in [9.17, 15) is 14.4 Å². The molecule has 204 valence electrons. The van der Waals surface area contributed by atoms with Gasteiger partial charge in [-0.15, -0.1) is 0 Å². The average Bonchev–Trinajstić information content (AvgIpc) is 2.86. The first-order valence-corrected chi connectivity index (χ1v) is 13.3. The van der Waals surface area contributed by atoms with Gasteiger partial charge in [-0.1, -0.05) is 123 Å². The smallest absolute Gasteiger partial charge is 0.330 e. The molecular formula is C29H52O6. The molecule has 0 spiro atoms. The van der Waals surface area contributed by atoms with Crippen molar-refractivity contribution in [1.29, 1.82) is 0 Å². The Kier molecular flexibility index (Phi) is 35.9. The third-order valence-electron chi connectivity index (χ3n) is 5.04. The number of carboxylic acid groups (broad SMARTS) is 1. The molecule has 0 rings (SSSR count). The van der Waals surface area contributed by atoms with Crippen molar-refractivity contribution < 1.29 is 29.0 Å². The summed E-state index contributed by atoms with van der Waals surface area (Å²) in [5, 5.41) is 7.60. The Bertz CT molecular complexity index is 527. The predicted octanol–water partition coefficient (Wildman–Crippen LogP) is 7.97. The largest absolute Gasteiger partial charge is 0.478 e. The molecule has 0 radical (unpaired) electrons. The Morgan fingerprint density at radius 1 is 0.571 bits per heavy atom. The van der Waals surface area contributed by atoms with E-state index in [0.29, 0.717) is 13.2 Å². The zero-order valence-corrected chi connectivity index (χ0v) is 22.6. The van der Waals surface area contributed by atoms with E-state index in [1.165, 1.54) is 102 Å². The summed E-state index contributed by atoms with van der Waals surface area (Å²) in [5.41, 5.74) is 0. The molecule has 1 N–H and O–H groups in total. The highest BCUT2D eigenvalue weighted by molar-refractivity contribution is 5.81. The van der Waals surface area contributed by atoms with Crippen molar-refractivity contribution in [3.05, 3.63) is 38.0 Å². The lowest BCUT2D eigenvalue weighted by atomic mass is 10.0. The van der Waals surface area contributed by atoms with Crippen LogP contribution < -0.4 is 0 Å². The van der Waals surface area contributed by atoms with Crippen molar-refractivity contribution in [2.75, 3.05) is 13.2 Å². The summed E-state index contributed by atoms with van der Waals surface area (Å²) < 4.78 is 9.39. The Labute approximate surface area is 214 Å². The lowest BCUT2D eigenvalue weighted by molar-refractivity contribution is -0.138. The van der Waals surface area contributed by atoms with Gasteiger partial charge in [-0.25, -0.2) is 14.4 Å². The van der Waals surface area contributed by atoms with E-state index in [1.807, 2.05) is 0 Å². The number of carboxylic acids is 1. The molecule has 0 aliphatic rings. The van der Waals surface area contributed by atoms with E-state index < -0.39 is 5.97 Å². The van der Waals surface area contributed by atoms with Gasteiger partial charge < -0.3 is 14.6 Å². The zero-order valence-electron chi connectivity index (χ0n) is 22.6. The molecular weight excluding hydrogens is 444 g/mol. The minimum Gasteiger partial charge on any atom is -0.478 e. The van der Waals surface area contributed by atoms with Crippen LogP contribution in [0.5, 0.6) is 0 Å². The van der Waals surface area contributed by atoms with Gasteiger partial charge in [0.2, 0.25) is 0 Å². The van der Waals surface area contributed by atoms with Gasteiger partial charge in [0, 0.05) is 18.2 Å². The summed E-state index contributed by atoms with van der Waals surface area (Å²) >= 11 is 0. The van der Waals surface area contributed by atoms with E-state index in [1.54, 1.807) is 6.92 Å². The first kappa shape index (κ1) is 37.2. The molecule has 0 aliphatic carbocycles. The predicted molar refractivity (Wildman–Crippen MR) is 145 cm³/mol. The lowest BCUT2D eigenvalue weighted by Gasteiger charge is -2.04. The maximum Gasteiger partial charge on any atom is 0.330 e. The van der Waals surface area contributed by atoms with Crippen LogP contribution in [-0.2, 0) is 23.9 Å². The second kappa shape index (κ2) is 33.8. The summed E-state index contributed by atoms with van der Waals surface area (Å²) in [7, 11) is 0. The van der Waals surface area contributed by atoms with Crippen LogP contribution >= 0.6 is 0 Å². The fraction of sp³-hybridized carbons (Fsp3) is 0.690. The second-order valence-corrected chi connectivity index (χ2v) is 8.17. The first-order valence-electron chi connectivity index (χ1n) is 13.3. The Morgan fingerprint density at radius 3 is 1.14 bits per heavy atom. The van der Waals surface area contributed by atoms with Crippen molar-refractivity contribution in [2.24, 2.45) is 0 Å². The quantitative estimate of drug-likeness (QED) is 0.0984. The SMILES string of the molecule is C=CC(=O)O.C=CC(=O)OCC.C=CC(=O)OCCCCCCCCCCCCCCCCCC. The van der Waals surface area contributed by atoms with Gasteiger partial charge in [-0.2, -0.15) is 0 Å². The van der Waals surface area contributed by atoms with Gasteiger partial charge in [0.1, 0.15) is 0 Å². The minimum absolute atomic E-state index is 0.300. The van der Waals surface area contributed by atoms with Crippen molar-refractivity contribution in [3.63, 3.8) is 0 Å². The van der Waals surface area contributed by atoms with Crippen molar-refractivity contribution in [3.8, 4) is 0 Å². The molecule has 0 atom stereocenters. The fourth-order valence-corrected chi connectivity index (χ4v) is 3.08. The van der Waals surface area contributed by atoms with E-state index >= 15 is 0 Å². The van der Waals surface area contributed by atoms with E-state index in [2.05, 4.69) is 31.4 Å². The van der Waals surface area contributed by atoms with Crippen LogP contribution in [0.15, 0.2) is 38.0 Å². The summed E-state index contributed by atoms with van der Waals surface area (Å²) in [6.45, 7) is 14.5. The van der Waals surface area contributed by atoms with E-state index in [-0.39, 0.29) is 11.9 Å². The minimum atomic E-state index is -0.981. The third kappa shape index (κ3) is 42.3. The molecule has 0 aromatic rings. The van der Waals surface area contributed by atoms with Gasteiger partial charge in [0.25, 0.3) is 0 Å². The highest BCUT2D eigenvalue weighted by Crippen LogP contribution is 2.13. The number of ether oxygens (including phenoxy) is 2. The Balaban J connectivity index is -0.000000698. The topological polar surface area (TPSA) is 89.9 Å². The van der Waals surface area contributed by atoms with Crippen LogP contribution in [0.1, 0.15) is 117 Å². The molecule has 6 nitrogen and oxygen atoms in total. The molecule has 0 amide bonds. The second-order valence-electron chi connectivity index (χ2n) is 8.17. The summed E-state index contributed by atoms with van der Waals surface area (Å²) in [5.74, 6) is -1.64. The Morgan fingerprint density at radius 2 is 0.886 bits per heavy atom. The highest BCUT2D eigenvalue weighted by atomic mass is 16.5. The molecule has 0 aromatic carbocycles. The van der Waals surface area contributed by atoms with Crippen molar-refractivity contribution in [1.82, 2.24) is 0 Å². The molecule has 0 aliphatic heterocycles. The Hall–Kier alpha value is -2.37. The number of carbonyl (C=O) groups excluding carboxylic acids is 2. The third-order valence-corrected chi connectivity index (χ3v) is 5.04. The summed E-state index contributed by atoms with van der Waals surface area (Å²) in [6.07, 6.45) is 25.0. The normalized spacial score (nSPS) is 9.43. The monoisotopic (exact) mass is 496 g/mol. The standard InChI is InChI=1S/C21H40O2.C5H8O2.C3H4O2/c1-3-5-6-7-8-9-10-11-12-13-14-15-16-17-18-19-20-23-21(22)4-2;1-3-5(6)7-4-2;1-2-3(4)5/h4H,2-3,5-20H2,1H3;3H,1,4H2,2H3;2H,1H2,(H,4,5). The molecule has 35 heavy (non-hydrogen) atoms. The van der Waals surface area contributed by atoms with Crippen molar-refractivity contribution >= 4 is 17.9 Å². The van der Waals surface area contributed by atoms with Gasteiger partial charge >= 0.3 is 17.9 Å². The van der Waals surface area contributed by atoms with E-state index in [4.69, 9.17) is 9.84 Å². The maximum atomic E-state index is 10.8. The molecule has 0 saturated carbocycles. The van der Waals surface area contributed by atoms with Crippen LogP contribution in [0.4, 0.5) is 0 Å². The number of hydrogen-bond acceptors (Lipinski definition) is 5. The summed E-state index contributed by atoms with van der Waals surface area (Å²) in [4.78, 5) is 30.2. The fourth-order valence-electron chi connectivity index (χ4n) is 3.08. The number of unbranched alkanes of at least 4 members (excludes halogenated alkanes) is 15. The van der Waals surface area contributed by atoms with Crippen LogP contribution in [-0.4, -0.2) is 36.2 Å². The van der Waals surface area contributed by atoms with Crippen molar-refractivity contribution in [2.45, 2.75) is 117 Å². The van der Waals surface area contributed by atoms with Crippen LogP contribution in [0, 0.1) is 0 Å². The number of rotatable bonds is 21. The molecule has 0 fully saturated rings. The van der Waals surface area contributed by atoms with Gasteiger partial charge in [-0.3, -0.25) is 0 Å². The molecule has 0 saturated heterocycles. The number of carbonyl (C=O) groups is 3.